The first kappa shape index (κ1) is 21.4. The Morgan fingerprint density at radius 2 is 1.65 bits per heavy atom. The van der Waals surface area contributed by atoms with E-state index in [1.165, 1.54) is 24.3 Å². The minimum atomic E-state index is -4.73. The molecule has 1 N–H and O–H groups in total. The molecule has 4 rings (SSSR count). The van der Waals surface area contributed by atoms with Crippen LogP contribution in [0.3, 0.4) is 0 Å². The monoisotopic (exact) mass is 484 g/mol. The molecule has 0 aliphatic heterocycles. The van der Waals surface area contributed by atoms with Crippen molar-refractivity contribution < 1.29 is 18.0 Å². The topological polar surface area (TPSA) is 59.3 Å². The Bertz CT molecular complexity index is 1300. The molecule has 4 aromatic rings. The van der Waals surface area contributed by atoms with E-state index < -0.39 is 17.8 Å². The molecule has 0 unspecified atom stereocenters. The smallest absolute Gasteiger partial charge is 0.321 e. The largest absolute Gasteiger partial charge is 0.433 e. The predicted molar refractivity (Wildman–Crippen MR) is 113 cm³/mol. The quantitative estimate of drug-likeness (QED) is 0.354. The van der Waals surface area contributed by atoms with Gasteiger partial charge >= 0.3 is 6.18 Å². The van der Waals surface area contributed by atoms with Crippen LogP contribution in [-0.2, 0) is 6.18 Å². The SMILES string of the molecule is O=C(Nc1ccc(Cl)c(Cl)c1)c1cc2nc(-c3ccc(Cl)cc3)cc(C(F)(F)F)n2n1. The molecule has 0 radical (unpaired) electrons. The lowest BCUT2D eigenvalue weighted by Gasteiger charge is -2.11. The summed E-state index contributed by atoms with van der Waals surface area (Å²) in [7, 11) is 0. The fraction of sp³-hybridized carbons (Fsp3) is 0.0500. The molecule has 0 atom stereocenters. The second-order valence-corrected chi connectivity index (χ2v) is 7.66. The average Bonchev–Trinajstić information content (AvgIpc) is 3.14. The molecule has 1 amide bonds. The van der Waals surface area contributed by atoms with Gasteiger partial charge in [0.2, 0.25) is 0 Å². The summed E-state index contributed by atoms with van der Waals surface area (Å²) in [5.74, 6) is -0.731. The standard InChI is InChI=1S/C20H10Cl3F3N4O/c21-11-3-1-10(2-4-11)15-8-17(20(24,25)26)30-18(28-15)9-16(29-30)19(31)27-12-5-6-13(22)14(23)7-12/h1-9H,(H,27,31). The Morgan fingerprint density at radius 3 is 2.29 bits per heavy atom. The molecule has 0 fully saturated rings. The number of hydrogen-bond acceptors (Lipinski definition) is 3. The summed E-state index contributed by atoms with van der Waals surface area (Å²) in [6, 6.07) is 12.6. The van der Waals surface area contributed by atoms with Gasteiger partial charge in [0.25, 0.3) is 5.91 Å². The van der Waals surface area contributed by atoms with Crippen LogP contribution in [0.25, 0.3) is 16.9 Å². The summed E-state index contributed by atoms with van der Waals surface area (Å²) in [5, 5.41) is 7.26. The van der Waals surface area contributed by atoms with E-state index in [1.807, 2.05) is 0 Å². The molecule has 5 nitrogen and oxygen atoms in total. The predicted octanol–water partition coefficient (Wildman–Crippen LogP) is 6.63. The highest BCUT2D eigenvalue weighted by Gasteiger charge is 2.35. The molecule has 31 heavy (non-hydrogen) atoms. The van der Waals surface area contributed by atoms with Crippen molar-refractivity contribution in [2.75, 3.05) is 5.32 Å². The number of anilines is 1. The summed E-state index contributed by atoms with van der Waals surface area (Å²) >= 11 is 17.6. The molecule has 158 valence electrons. The van der Waals surface area contributed by atoms with Gasteiger partial charge in [0.05, 0.1) is 15.7 Å². The molecule has 0 aliphatic rings. The summed E-state index contributed by atoms with van der Waals surface area (Å²) in [5.41, 5.74) is -0.664. The highest BCUT2D eigenvalue weighted by atomic mass is 35.5. The minimum absolute atomic E-state index is 0.0628. The van der Waals surface area contributed by atoms with Crippen LogP contribution in [0, 0.1) is 0 Å². The first-order valence-corrected chi connectivity index (χ1v) is 9.75. The second kappa shape index (κ2) is 8.03. The molecule has 2 aromatic carbocycles. The lowest BCUT2D eigenvalue weighted by Crippen LogP contribution is -2.15. The summed E-state index contributed by atoms with van der Waals surface area (Å²) in [4.78, 5) is 16.8. The van der Waals surface area contributed by atoms with Crippen molar-refractivity contribution in [1.82, 2.24) is 14.6 Å². The second-order valence-electron chi connectivity index (χ2n) is 6.41. The summed E-state index contributed by atoms with van der Waals surface area (Å²) in [6.07, 6.45) is -4.73. The Kier molecular flexibility index (Phi) is 5.55. The number of aromatic nitrogens is 3. The molecular weight excluding hydrogens is 476 g/mol. The van der Waals surface area contributed by atoms with Gasteiger partial charge in [-0.25, -0.2) is 9.50 Å². The van der Waals surface area contributed by atoms with E-state index in [1.54, 1.807) is 24.3 Å². The zero-order valence-electron chi connectivity index (χ0n) is 15.2. The number of nitrogens with zero attached hydrogens (tertiary/aromatic N) is 3. The van der Waals surface area contributed by atoms with Crippen molar-refractivity contribution in [3.05, 3.63) is 81.1 Å². The Morgan fingerprint density at radius 1 is 0.935 bits per heavy atom. The van der Waals surface area contributed by atoms with Crippen LogP contribution in [0.15, 0.2) is 54.6 Å². The maximum atomic E-state index is 13.7. The van der Waals surface area contributed by atoms with Gasteiger partial charge in [0.1, 0.15) is 0 Å². The Labute approximate surface area is 188 Å². The first-order chi connectivity index (χ1) is 14.6. The van der Waals surface area contributed by atoms with E-state index in [-0.39, 0.29) is 22.1 Å². The van der Waals surface area contributed by atoms with Crippen LogP contribution < -0.4 is 5.32 Å². The van der Waals surface area contributed by atoms with Crippen molar-refractivity contribution in [3.63, 3.8) is 0 Å². The number of benzene rings is 2. The number of carbonyl (C=O) groups is 1. The van der Waals surface area contributed by atoms with Gasteiger partial charge in [-0.05, 0) is 36.4 Å². The van der Waals surface area contributed by atoms with Crippen LogP contribution in [-0.4, -0.2) is 20.5 Å². The van der Waals surface area contributed by atoms with E-state index in [9.17, 15) is 18.0 Å². The molecule has 0 saturated carbocycles. The number of hydrogen-bond donors (Lipinski definition) is 1. The third kappa shape index (κ3) is 4.46. The molecule has 11 heteroatoms. The maximum absolute atomic E-state index is 13.7. The van der Waals surface area contributed by atoms with Crippen molar-refractivity contribution in [2.24, 2.45) is 0 Å². The van der Waals surface area contributed by atoms with Crippen molar-refractivity contribution in [3.8, 4) is 11.3 Å². The Balaban J connectivity index is 1.77. The van der Waals surface area contributed by atoms with E-state index in [0.717, 1.165) is 6.07 Å². The summed E-state index contributed by atoms with van der Waals surface area (Å²) in [6.45, 7) is 0. The highest BCUT2D eigenvalue weighted by Crippen LogP contribution is 2.33. The van der Waals surface area contributed by atoms with Gasteiger partial charge in [-0.2, -0.15) is 18.3 Å². The number of nitrogens with one attached hydrogen (secondary N) is 1. The zero-order valence-corrected chi connectivity index (χ0v) is 17.5. The van der Waals surface area contributed by atoms with E-state index in [2.05, 4.69) is 15.4 Å². The van der Waals surface area contributed by atoms with Gasteiger partial charge in [0, 0.05) is 22.3 Å². The van der Waals surface area contributed by atoms with Gasteiger partial charge in [-0.1, -0.05) is 46.9 Å². The molecular formula is C20H10Cl3F3N4O. The van der Waals surface area contributed by atoms with E-state index in [0.29, 0.717) is 25.8 Å². The Hall–Kier alpha value is -2.81. The molecule has 0 spiro atoms. The third-order valence-corrected chi connectivity index (χ3v) is 5.26. The van der Waals surface area contributed by atoms with Crippen LogP contribution in [0.5, 0.6) is 0 Å². The number of carbonyl (C=O) groups excluding carboxylic acids is 1. The number of halogens is 6. The van der Waals surface area contributed by atoms with Crippen molar-refractivity contribution in [1.29, 1.82) is 0 Å². The lowest BCUT2D eigenvalue weighted by atomic mass is 10.1. The zero-order chi connectivity index (χ0) is 22.3. The number of fused-ring (bicyclic) bond motifs is 1. The summed E-state index contributed by atoms with van der Waals surface area (Å²) < 4.78 is 41.6. The fourth-order valence-electron chi connectivity index (χ4n) is 2.82. The van der Waals surface area contributed by atoms with E-state index >= 15 is 0 Å². The fourth-order valence-corrected chi connectivity index (χ4v) is 3.25. The highest BCUT2D eigenvalue weighted by molar-refractivity contribution is 6.42. The number of alkyl halides is 3. The van der Waals surface area contributed by atoms with Gasteiger partial charge in [-0.3, -0.25) is 4.79 Å². The lowest BCUT2D eigenvalue weighted by molar-refractivity contribution is -0.142. The number of rotatable bonds is 3. The first-order valence-electron chi connectivity index (χ1n) is 8.62. The van der Waals surface area contributed by atoms with E-state index in [4.69, 9.17) is 34.8 Å². The van der Waals surface area contributed by atoms with Crippen LogP contribution in [0.2, 0.25) is 15.1 Å². The molecule has 2 heterocycles. The normalized spacial score (nSPS) is 11.7. The van der Waals surface area contributed by atoms with Crippen LogP contribution >= 0.6 is 34.8 Å². The van der Waals surface area contributed by atoms with Crippen molar-refractivity contribution >= 4 is 52.0 Å². The van der Waals surface area contributed by atoms with Crippen LogP contribution in [0.4, 0.5) is 18.9 Å². The molecule has 0 saturated heterocycles. The van der Waals surface area contributed by atoms with Gasteiger partial charge in [0.15, 0.2) is 17.0 Å². The third-order valence-electron chi connectivity index (χ3n) is 4.27. The average molecular weight is 486 g/mol. The van der Waals surface area contributed by atoms with Crippen LogP contribution in [0.1, 0.15) is 16.2 Å². The molecule has 2 aromatic heterocycles. The van der Waals surface area contributed by atoms with Gasteiger partial charge in [-0.15, -0.1) is 0 Å². The minimum Gasteiger partial charge on any atom is -0.321 e. The van der Waals surface area contributed by atoms with Crippen molar-refractivity contribution in [2.45, 2.75) is 6.18 Å². The number of amides is 1. The molecule has 0 bridgehead atoms. The van der Waals surface area contributed by atoms with Gasteiger partial charge < -0.3 is 5.32 Å². The molecule has 0 aliphatic carbocycles. The maximum Gasteiger partial charge on any atom is 0.433 e.